The Bertz CT molecular complexity index is 454. The first-order valence-corrected chi connectivity index (χ1v) is 6.73. The fraction of sp³-hybridized carbons (Fsp3) is 0.467. The van der Waals surface area contributed by atoms with Crippen molar-refractivity contribution in [2.24, 2.45) is 5.92 Å². The molecule has 1 aliphatic heterocycles. The van der Waals surface area contributed by atoms with E-state index in [0.717, 1.165) is 5.56 Å². The molecule has 1 aliphatic rings. The lowest BCUT2D eigenvalue weighted by atomic mass is 9.98. The van der Waals surface area contributed by atoms with Crippen LogP contribution in [0.2, 0.25) is 0 Å². The van der Waals surface area contributed by atoms with Crippen molar-refractivity contribution in [3.8, 4) is 0 Å². The SMILES string of the molecule is COC(=O)C(NC(=O)C1CCOCC1)c1ccccc1. The fourth-order valence-electron chi connectivity index (χ4n) is 2.26. The van der Waals surface area contributed by atoms with Crippen molar-refractivity contribution in [2.75, 3.05) is 20.3 Å². The minimum atomic E-state index is -0.753. The molecule has 1 aromatic rings. The quantitative estimate of drug-likeness (QED) is 0.846. The van der Waals surface area contributed by atoms with Crippen LogP contribution >= 0.6 is 0 Å². The monoisotopic (exact) mass is 277 g/mol. The molecule has 1 aromatic carbocycles. The second-order valence-electron chi connectivity index (χ2n) is 4.76. The number of carbonyl (C=O) groups is 2. The maximum Gasteiger partial charge on any atom is 0.333 e. The van der Waals surface area contributed by atoms with Crippen LogP contribution in [0.15, 0.2) is 30.3 Å². The third-order valence-corrected chi connectivity index (χ3v) is 3.45. The molecule has 0 aliphatic carbocycles. The summed E-state index contributed by atoms with van der Waals surface area (Å²) in [5.41, 5.74) is 0.722. The maximum atomic E-state index is 12.2. The van der Waals surface area contributed by atoms with Gasteiger partial charge in [0.15, 0.2) is 6.04 Å². The van der Waals surface area contributed by atoms with Crippen molar-refractivity contribution in [2.45, 2.75) is 18.9 Å². The number of hydrogen-bond acceptors (Lipinski definition) is 4. The Morgan fingerprint density at radius 1 is 1.25 bits per heavy atom. The summed E-state index contributed by atoms with van der Waals surface area (Å²) in [6.45, 7) is 1.18. The van der Waals surface area contributed by atoms with E-state index in [9.17, 15) is 9.59 Å². The van der Waals surface area contributed by atoms with Gasteiger partial charge in [-0.05, 0) is 18.4 Å². The first kappa shape index (κ1) is 14.5. The van der Waals surface area contributed by atoms with Crippen molar-refractivity contribution in [3.63, 3.8) is 0 Å². The smallest absolute Gasteiger partial charge is 0.333 e. The Morgan fingerprint density at radius 2 is 1.90 bits per heavy atom. The largest absolute Gasteiger partial charge is 0.467 e. The van der Waals surface area contributed by atoms with Gasteiger partial charge in [0.05, 0.1) is 7.11 Å². The van der Waals surface area contributed by atoms with Crippen LogP contribution in [0.3, 0.4) is 0 Å². The van der Waals surface area contributed by atoms with E-state index in [0.29, 0.717) is 26.1 Å². The zero-order chi connectivity index (χ0) is 14.4. The number of carbonyl (C=O) groups excluding carboxylic acids is 2. The van der Waals surface area contributed by atoms with Gasteiger partial charge in [0, 0.05) is 19.1 Å². The molecule has 1 saturated heterocycles. The Hall–Kier alpha value is -1.88. The summed E-state index contributed by atoms with van der Waals surface area (Å²) in [4.78, 5) is 24.1. The molecule has 2 rings (SSSR count). The van der Waals surface area contributed by atoms with E-state index in [4.69, 9.17) is 9.47 Å². The summed E-state index contributed by atoms with van der Waals surface area (Å²) in [5.74, 6) is -0.677. The topological polar surface area (TPSA) is 64.6 Å². The number of ether oxygens (including phenoxy) is 2. The van der Waals surface area contributed by atoms with Gasteiger partial charge in [0.2, 0.25) is 5.91 Å². The van der Waals surface area contributed by atoms with Gasteiger partial charge in [0.25, 0.3) is 0 Å². The molecule has 20 heavy (non-hydrogen) atoms. The Balaban J connectivity index is 2.08. The third kappa shape index (κ3) is 3.57. The van der Waals surface area contributed by atoms with Gasteiger partial charge in [-0.3, -0.25) is 4.79 Å². The third-order valence-electron chi connectivity index (χ3n) is 3.45. The normalized spacial score (nSPS) is 17.2. The van der Waals surface area contributed by atoms with Gasteiger partial charge in [-0.25, -0.2) is 4.79 Å². The Kier molecular flexibility index (Phi) is 5.12. The molecule has 0 radical (unpaired) electrons. The van der Waals surface area contributed by atoms with Crippen LogP contribution in [0, 0.1) is 5.92 Å². The minimum Gasteiger partial charge on any atom is -0.467 e. The lowest BCUT2D eigenvalue weighted by Crippen LogP contribution is -2.40. The summed E-state index contributed by atoms with van der Waals surface area (Å²) in [6, 6.07) is 8.35. The highest BCUT2D eigenvalue weighted by atomic mass is 16.5. The van der Waals surface area contributed by atoms with Crippen LogP contribution in [0.5, 0.6) is 0 Å². The number of rotatable bonds is 4. The van der Waals surface area contributed by atoms with Gasteiger partial charge in [0.1, 0.15) is 0 Å². The number of methoxy groups -OCH3 is 1. The predicted octanol–water partition coefficient (Wildman–Crippen LogP) is 1.44. The van der Waals surface area contributed by atoms with Gasteiger partial charge in [-0.2, -0.15) is 0 Å². The first-order chi connectivity index (χ1) is 9.72. The molecule has 5 heteroatoms. The minimum absolute atomic E-state index is 0.0976. The molecule has 0 saturated carbocycles. The maximum absolute atomic E-state index is 12.2. The average Bonchev–Trinajstić information content (AvgIpc) is 2.53. The van der Waals surface area contributed by atoms with Crippen LogP contribution in [-0.4, -0.2) is 32.2 Å². The first-order valence-electron chi connectivity index (χ1n) is 6.73. The van der Waals surface area contributed by atoms with E-state index in [2.05, 4.69) is 5.32 Å². The molecule has 1 unspecified atom stereocenters. The second-order valence-corrected chi connectivity index (χ2v) is 4.76. The average molecular weight is 277 g/mol. The summed E-state index contributed by atoms with van der Waals surface area (Å²) in [5, 5.41) is 2.78. The van der Waals surface area contributed by atoms with E-state index >= 15 is 0 Å². The molecule has 1 N–H and O–H groups in total. The zero-order valence-corrected chi connectivity index (χ0v) is 11.5. The highest BCUT2D eigenvalue weighted by molar-refractivity contribution is 5.86. The lowest BCUT2D eigenvalue weighted by Gasteiger charge is -2.24. The molecule has 1 amide bonds. The summed E-state index contributed by atoms with van der Waals surface area (Å²) < 4.78 is 10.0. The molecule has 5 nitrogen and oxygen atoms in total. The van der Waals surface area contributed by atoms with E-state index in [-0.39, 0.29) is 11.8 Å². The zero-order valence-electron chi connectivity index (χ0n) is 11.5. The molecule has 1 atom stereocenters. The predicted molar refractivity (Wildman–Crippen MR) is 72.9 cm³/mol. The van der Waals surface area contributed by atoms with Crippen molar-refractivity contribution < 1.29 is 19.1 Å². The number of esters is 1. The van der Waals surface area contributed by atoms with Crippen LogP contribution in [-0.2, 0) is 19.1 Å². The molecule has 1 heterocycles. The van der Waals surface area contributed by atoms with E-state index in [1.807, 2.05) is 18.2 Å². The Labute approximate surface area is 118 Å². The van der Waals surface area contributed by atoms with Crippen LogP contribution in [0.4, 0.5) is 0 Å². The van der Waals surface area contributed by atoms with E-state index in [1.165, 1.54) is 7.11 Å². The van der Waals surface area contributed by atoms with Crippen LogP contribution < -0.4 is 5.32 Å². The number of amides is 1. The van der Waals surface area contributed by atoms with Crippen molar-refractivity contribution in [1.29, 1.82) is 0 Å². The van der Waals surface area contributed by atoms with Crippen molar-refractivity contribution >= 4 is 11.9 Å². The Morgan fingerprint density at radius 3 is 2.50 bits per heavy atom. The summed E-state index contributed by atoms with van der Waals surface area (Å²) >= 11 is 0. The van der Waals surface area contributed by atoms with Gasteiger partial charge in [-0.1, -0.05) is 30.3 Å². The second kappa shape index (κ2) is 7.05. The molecular weight excluding hydrogens is 258 g/mol. The van der Waals surface area contributed by atoms with Crippen LogP contribution in [0.25, 0.3) is 0 Å². The van der Waals surface area contributed by atoms with E-state index in [1.54, 1.807) is 12.1 Å². The molecule has 108 valence electrons. The molecule has 0 spiro atoms. The number of hydrogen-bond donors (Lipinski definition) is 1. The molecule has 1 fully saturated rings. The molecule has 0 bridgehead atoms. The number of benzene rings is 1. The summed E-state index contributed by atoms with van der Waals surface area (Å²) in [6.07, 6.45) is 1.38. The fourth-order valence-corrected chi connectivity index (χ4v) is 2.26. The molecule has 0 aromatic heterocycles. The van der Waals surface area contributed by atoms with Crippen molar-refractivity contribution in [1.82, 2.24) is 5.32 Å². The highest BCUT2D eigenvalue weighted by Gasteiger charge is 2.28. The van der Waals surface area contributed by atoms with Crippen LogP contribution in [0.1, 0.15) is 24.4 Å². The summed E-state index contributed by atoms with van der Waals surface area (Å²) in [7, 11) is 1.32. The molecular formula is C15H19NO4. The lowest BCUT2D eigenvalue weighted by molar-refractivity contribution is -0.146. The number of nitrogens with one attached hydrogen (secondary N) is 1. The van der Waals surface area contributed by atoms with E-state index < -0.39 is 12.0 Å². The van der Waals surface area contributed by atoms with Gasteiger partial charge in [-0.15, -0.1) is 0 Å². The van der Waals surface area contributed by atoms with Gasteiger partial charge >= 0.3 is 5.97 Å². The highest BCUT2D eigenvalue weighted by Crippen LogP contribution is 2.19. The van der Waals surface area contributed by atoms with Gasteiger partial charge < -0.3 is 14.8 Å². The standard InChI is InChI=1S/C15H19NO4/c1-19-15(18)13(11-5-3-2-4-6-11)16-14(17)12-7-9-20-10-8-12/h2-6,12-13H,7-10H2,1H3,(H,16,17). The van der Waals surface area contributed by atoms with Crippen molar-refractivity contribution in [3.05, 3.63) is 35.9 Å².